The summed E-state index contributed by atoms with van der Waals surface area (Å²) in [6, 6.07) is 8.69. The van der Waals surface area contributed by atoms with Gasteiger partial charge in [0.15, 0.2) is 0 Å². The maximum Gasteiger partial charge on any atom is 0.412 e. The zero-order valence-corrected chi connectivity index (χ0v) is 21.0. The zero-order chi connectivity index (χ0) is 26.5. The molecule has 1 aliphatic heterocycles. The van der Waals surface area contributed by atoms with Crippen LogP contribution in [0, 0.1) is 12.8 Å². The Morgan fingerprint density at radius 1 is 1.25 bits per heavy atom. The number of hydrogen-bond donors (Lipinski definition) is 5. The molecule has 0 saturated carbocycles. The summed E-state index contributed by atoms with van der Waals surface area (Å²) in [5.41, 5.74) is 15.5. The highest BCUT2D eigenvalue weighted by Gasteiger charge is 2.35. The molecule has 1 fully saturated rings. The van der Waals surface area contributed by atoms with Gasteiger partial charge in [0.25, 0.3) is 0 Å². The number of nitrogens with one attached hydrogen (secondary N) is 2. The molecule has 2 heterocycles. The van der Waals surface area contributed by atoms with Crippen LogP contribution in [-0.2, 0) is 4.74 Å². The Hall–Kier alpha value is -4.05. The third kappa shape index (κ3) is 6.54. The molecule has 0 radical (unpaired) electrons. The molecule has 0 bridgehead atoms. The first-order valence-electron chi connectivity index (χ1n) is 11.6. The largest absolute Gasteiger partial charge is 0.453 e. The van der Waals surface area contributed by atoms with E-state index in [4.69, 9.17) is 11.5 Å². The number of nitrogens with zero attached hydrogens (tertiary/aromatic N) is 2. The number of aryl methyl sites for hydroxylation is 1. The van der Waals surface area contributed by atoms with Crippen LogP contribution in [0.1, 0.15) is 37.0 Å². The standard InChI is InChI=1S/C26H34N6O4/c1-16-5-6-20(30-24(33)32-10-8-19(15-32)26(2,3)35)13-21(16)22(28)11-18(14-27)17-7-9-29-23(12-17)31-25(34)36-4/h5-7,9,11-14,19,35H,8,10,15,27-28H2,1-4H3,(H,30,33)(H,29,31,34)/b18-14+,22-11-. The van der Waals surface area contributed by atoms with Crippen molar-refractivity contribution in [2.75, 3.05) is 30.8 Å². The molecule has 1 unspecified atom stereocenters. The van der Waals surface area contributed by atoms with E-state index in [0.717, 1.165) is 17.5 Å². The highest BCUT2D eigenvalue weighted by molar-refractivity contribution is 5.91. The van der Waals surface area contributed by atoms with E-state index in [-0.39, 0.29) is 11.9 Å². The Kier molecular flexibility index (Phi) is 8.21. The van der Waals surface area contributed by atoms with E-state index in [1.807, 2.05) is 25.1 Å². The van der Waals surface area contributed by atoms with Gasteiger partial charge in [-0.15, -0.1) is 0 Å². The molecule has 10 nitrogen and oxygen atoms in total. The van der Waals surface area contributed by atoms with Gasteiger partial charge < -0.3 is 31.5 Å². The molecule has 0 spiro atoms. The summed E-state index contributed by atoms with van der Waals surface area (Å²) in [5.74, 6) is 0.341. The minimum absolute atomic E-state index is 0.0356. The number of hydrogen-bond acceptors (Lipinski definition) is 7. The lowest BCUT2D eigenvalue weighted by molar-refractivity contribution is 0.0227. The van der Waals surface area contributed by atoms with Crippen LogP contribution in [0.15, 0.2) is 48.8 Å². The molecule has 1 saturated heterocycles. The summed E-state index contributed by atoms with van der Waals surface area (Å²) >= 11 is 0. The van der Waals surface area contributed by atoms with Crippen LogP contribution < -0.4 is 22.1 Å². The first-order chi connectivity index (χ1) is 17.0. The molecular weight excluding hydrogens is 460 g/mol. The van der Waals surface area contributed by atoms with Crippen molar-refractivity contribution in [3.63, 3.8) is 0 Å². The number of carbonyl (C=O) groups excluding carboxylic acids is 2. The second-order valence-electron chi connectivity index (χ2n) is 9.31. The van der Waals surface area contributed by atoms with Crippen molar-refractivity contribution in [3.8, 4) is 0 Å². The van der Waals surface area contributed by atoms with Crippen molar-refractivity contribution in [1.29, 1.82) is 0 Å². The van der Waals surface area contributed by atoms with E-state index < -0.39 is 11.7 Å². The van der Waals surface area contributed by atoms with Gasteiger partial charge >= 0.3 is 12.1 Å². The van der Waals surface area contributed by atoms with Crippen molar-refractivity contribution >= 4 is 34.9 Å². The number of benzene rings is 1. The summed E-state index contributed by atoms with van der Waals surface area (Å²) in [7, 11) is 1.27. The summed E-state index contributed by atoms with van der Waals surface area (Å²) in [6.07, 6.45) is 4.80. The third-order valence-electron chi connectivity index (χ3n) is 6.27. The van der Waals surface area contributed by atoms with Crippen molar-refractivity contribution < 1.29 is 19.4 Å². The van der Waals surface area contributed by atoms with Gasteiger partial charge in [-0.2, -0.15) is 0 Å². The number of allylic oxidation sites excluding steroid dienone is 2. The number of carbonyl (C=O) groups is 2. The van der Waals surface area contributed by atoms with Gasteiger partial charge in [0.1, 0.15) is 5.82 Å². The fourth-order valence-corrected chi connectivity index (χ4v) is 4.04. The second kappa shape index (κ2) is 11.1. The number of rotatable bonds is 6. The van der Waals surface area contributed by atoms with Crippen molar-refractivity contribution in [3.05, 3.63) is 65.5 Å². The van der Waals surface area contributed by atoms with Gasteiger partial charge in [-0.05, 0) is 74.2 Å². The summed E-state index contributed by atoms with van der Waals surface area (Å²) in [5, 5.41) is 15.7. The lowest BCUT2D eigenvalue weighted by Gasteiger charge is -2.25. The molecule has 0 aliphatic carbocycles. The summed E-state index contributed by atoms with van der Waals surface area (Å²) in [6.45, 7) is 6.55. The monoisotopic (exact) mass is 494 g/mol. The van der Waals surface area contributed by atoms with E-state index in [0.29, 0.717) is 41.4 Å². The van der Waals surface area contributed by atoms with Gasteiger partial charge in [-0.1, -0.05) is 6.07 Å². The van der Waals surface area contributed by atoms with Gasteiger partial charge in [-0.25, -0.2) is 14.6 Å². The smallest absolute Gasteiger partial charge is 0.412 e. The van der Waals surface area contributed by atoms with E-state index in [1.54, 1.807) is 37.0 Å². The number of methoxy groups -OCH3 is 1. The summed E-state index contributed by atoms with van der Waals surface area (Å²) in [4.78, 5) is 30.1. The zero-order valence-electron chi connectivity index (χ0n) is 21.0. The molecule has 3 rings (SSSR count). The molecule has 1 aromatic heterocycles. The number of anilines is 2. The molecule has 1 aromatic carbocycles. The average molecular weight is 495 g/mol. The Labute approximate surface area is 211 Å². The van der Waals surface area contributed by atoms with E-state index in [9.17, 15) is 14.7 Å². The van der Waals surface area contributed by atoms with E-state index >= 15 is 0 Å². The fourth-order valence-electron chi connectivity index (χ4n) is 4.04. The minimum atomic E-state index is -0.829. The van der Waals surface area contributed by atoms with Crippen LogP contribution in [0.2, 0.25) is 0 Å². The van der Waals surface area contributed by atoms with Crippen molar-refractivity contribution in [1.82, 2.24) is 9.88 Å². The number of likely N-dealkylation sites (tertiary alicyclic amines) is 1. The van der Waals surface area contributed by atoms with Crippen molar-refractivity contribution in [2.45, 2.75) is 32.8 Å². The third-order valence-corrected chi connectivity index (χ3v) is 6.27. The molecule has 3 amide bonds. The van der Waals surface area contributed by atoms with Crippen LogP contribution in [0.5, 0.6) is 0 Å². The maximum absolute atomic E-state index is 12.8. The lowest BCUT2D eigenvalue weighted by atomic mass is 9.91. The van der Waals surface area contributed by atoms with Crippen LogP contribution in [0.3, 0.4) is 0 Å². The normalized spacial score (nSPS) is 16.6. The highest BCUT2D eigenvalue weighted by atomic mass is 16.5. The van der Waals surface area contributed by atoms with E-state index in [2.05, 4.69) is 20.4 Å². The first kappa shape index (κ1) is 26.6. The predicted octanol–water partition coefficient (Wildman–Crippen LogP) is 3.49. The first-order valence-corrected chi connectivity index (χ1v) is 11.6. The number of amides is 3. The number of pyridine rings is 1. The topological polar surface area (TPSA) is 156 Å². The fraction of sp³-hybridized carbons (Fsp3) is 0.346. The molecule has 2 aromatic rings. The van der Waals surface area contributed by atoms with Crippen molar-refractivity contribution in [2.24, 2.45) is 17.4 Å². The molecular formula is C26H34N6O4. The molecule has 1 atom stereocenters. The quantitative estimate of drug-likeness (QED) is 0.385. The van der Waals surface area contributed by atoms with Crippen LogP contribution in [0.4, 0.5) is 21.1 Å². The Bertz CT molecular complexity index is 1190. The maximum atomic E-state index is 12.8. The van der Waals surface area contributed by atoms with Crippen LogP contribution in [0.25, 0.3) is 11.3 Å². The number of nitrogens with two attached hydrogens (primary N) is 2. The average Bonchev–Trinajstić information content (AvgIpc) is 3.35. The molecule has 192 valence electrons. The minimum Gasteiger partial charge on any atom is -0.453 e. The molecule has 10 heteroatoms. The number of aromatic nitrogens is 1. The summed E-state index contributed by atoms with van der Waals surface area (Å²) < 4.78 is 4.60. The highest BCUT2D eigenvalue weighted by Crippen LogP contribution is 2.28. The molecule has 1 aliphatic rings. The Morgan fingerprint density at radius 2 is 2.00 bits per heavy atom. The predicted molar refractivity (Wildman–Crippen MR) is 141 cm³/mol. The van der Waals surface area contributed by atoms with E-state index in [1.165, 1.54) is 19.5 Å². The number of ether oxygens (including phenoxy) is 1. The Morgan fingerprint density at radius 3 is 2.64 bits per heavy atom. The number of urea groups is 1. The van der Waals surface area contributed by atoms with Crippen LogP contribution in [-0.4, -0.2) is 52.9 Å². The van der Waals surface area contributed by atoms with Gasteiger partial charge in [0.05, 0.1) is 12.7 Å². The molecule has 36 heavy (non-hydrogen) atoms. The van der Waals surface area contributed by atoms with Gasteiger partial charge in [0.2, 0.25) is 0 Å². The number of aliphatic hydroxyl groups is 1. The SMILES string of the molecule is COC(=O)Nc1cc(C(/C=C(\N)c2cc(NC(=O)N3CCC(C(C)(C)O)C3)ccc2C)=C/N)ccn1. The molecule has 7 N–H and O–H groups in total. The van der Waals surface area contributed by atoms with Gasteiger partial charge in [-0.3, -0.25) is 5.32 Å². The van der Waals surface area contributed by atoms with Crippen LogP contribution >= 0.6 is 0 Å². The van der Waals surface area contributed by atoms with Gasteiger partial charge in [0, 0.05) is 48.4 Å². The Balaban J connectivity index is 1.78. The second-order valence-corrected chi connectivity index (χ2v) is 9.31. The lowest BCUT2D eigenvalue weighted by Crippen LogP contribution is -2.37.